The van der Waals surface area contributed by atoms with Crippen molar-refractivity contribution >= 4 is 10.0 Å². The Morgan fingerprint density at radius 3 is 2.84 bits per heavy atom. The van der Waals surface area contributed by atoms with Crippen LogP contribution in [0.4, 0.5) is 0 Å². The van der Waals surface area contributed by atoms with Crippen molar-refractivity contribution in [1.82, 2.24) is 19.8 Å². The van der Waals surface area contributed by atoms with Gasteiger partial charge in [0, 0.05) is 30.3 Å². The third-order valence-electron chi connectivity index (χ3n) is 7.15. The molecule has 1 saturated heterocycles. The summed E-state index contributed by atoms with van der Waals surface area (Å²) < 4.78 is 39.9. The topological polar surface area (TPSA) is 121 Å². The number of rotatable bonds is 9. The Bertz CT molecular complexity index is 1460. The van der Waals surface area contributed by atoms with Gasteiger partial charge in [0.05, 0.1) is 17.4 Å². The molecule has 2 aromatic carbocycles. The molecule has 200 valence electrons. The number of nitriles is 1. The fraction of sp³-hybridized carbons (Fsp3) is 0.464. The lowest BCUT2D eigenvalue weighted by Gasteiger charge is -2.18. The highest BCUT2D eigenvalue weighted by Crippen LogP contribution is 2.38. The first-order valence-electron chi connectivity index (χ1n) is 13.1. The van der Waals surface area contributed by atoms with Gasteiger partial charge >= 0.3 is 0 Å². The molecule has 0 bridgehead atoms. The fourth-order valence-electron chi connectivity index (χ4n) is 5.30. The molecule has 9 nitrogen and oxygen atoms in total. The van der Waals surface area contributed by atoms with Crippen LogP contribution in [0.1, 0.15) is 56.3 Å². The largest absolute Gasteiger partial charge is 0.490 e. The van der Waals surface area contributed by atoms with E-state index in [1.165, 1.54) is 0 Å². The molecule has 1 aromatic heterocycles. The summed E-state index contributed by atoms with van der Waals surface area (Å²) in [5.74, 6) is 1.98. The van der Waals surface area contributed by atoms with Crippen LogP contribution in [0.5, 0.6) is 5.75 Å². The van der Waals surface area contributed by atoms with E-state index in [1.54, 1.807) is 18.2 Å². The van der Waals surface area contributed by atoms with Crippen LogP contribution in [0.2, 0.25) is 0 Å². The molecule has 2 aliphatic rings. The lowest BCUT2D eigenvalue weighted by atomic mass is 10.0. The molecular weight excluding hydrogens is 502 g/mol. The number of sulfonamides is 1. The minimum atomic E-state index is -3.42. The van der Waals surface area contributed by atoms with Gasteiger partial charge in [-0.15, -0.1) is 0 Å². The van der Waals surface area contributed by atoms with Crippen molar-refractivity contribution in [2.45, 2.75) is 52.2 Å². The molecule has 1 aliphatic carbocycles. The van der Waals surface area contributed by atoms with Crippen molar-refractivity contribution in [3.63, 3.8) is 0 Å². The molecule has 2 unspecified atom stereocenters. The van der Waals surface area contributed by atoms with E-state index in [1.807, 2.05) is 32.0 Å². The van der Waals surface area contributed by atoms with Gasteiger partial charge in [-0.2, -0.15) is 10.2 Å². The molecular formula is C28H33N5O4S. The molecule has 0 amide bonds. The van der Waals surface area contributed by atoms with Gasteiger partial charge in [-0.05, 0) is 74.9 Å². The highest BCUT2D eigenvalue weighted by molar-refractivity contribution is 7.89. The Morgan fingerprint density at radius 1 is 1.26 bits per heavy atom. The Kier molecular flexibility index (Phi) is 7.52. The summed E-state index contributed by atoms with van der Waals surface area (Å²) >= 11 is 0. The number of hydrogen-bond donors (Lipinski definition) is 1. The maximum Gasteiger partial charge on any atom is 0.258 e. The number of aromatic nitrogens is 2. The maximum atomic E-state index is 12.9. The molecule has 2 atom stereocenters. The fourth-order valence-corrected chi connectivity index (χ4v) is 6.59. The minimum Gasteiger partial charge on any atom is -0.490 e. The van der Waals surface area contributed by atoms with Gasteiger partial charge in [0.15, 0.2) is 0 Å². The SMILES string of the molecule is CC1CCN(CCS(=O)(=O)NC2CCc3c(-c4noc(-c5ccc(OC(C)C)c(C#N)c5)n4)cccc32)C1. The van der Waals surface area contributed by atoms with Gasteiger partial charge in [-0.3, -0.25) is 0 Å². The third-order valence-corrected chi connectivity index (χ3v) is 8.52. The molecule has 2 heterocycles. The Labute approximate surface area is 223 Å². The molecule has 1 aliphatic heterocycles. The molecule has 1 N–H and O–H groups in total. The molecule has 10 heteroatoms. The lowest BCUT2D eigenvalue weighted by molar-refractivity contribution is 0.241. The van der Waals surface area contributed by atoms with E-state index in [4.69, 9.17) is 9.26 Å². The van der Waals surface area contributed by atoms with Gasteiger partial charge < -0.3 is 14.2 Å². The lowest BCUT2D eigenvalue weighted by Crippen LogP contribution is -2.35. The van der Waals surface area contributed by atoms with Crippen LogP contribution in [0, 0.1) is 17.2 Å². The summed E-state index contributed by atoms with van der Waals surface area (Å²) in [6.45, 7) is 8.50. The van der Waals surface area contributed by atoms with E-state index in [0.717, 1.165) is 36.2 Å². The molecule has 38 heavy (non-hydrogen) atoms. The molecule has 1 fully saturated rings. The predicted octanol–water partition coefficient (Wildman–Crippen LogP) is 4.31. The molecule has 0 spiro atoms. The average Bonchev–Trinajstić information content (AvgIpc) is 3.63. The second kappa shape index (κ2) is 10.8. The number of nitrogens with one attached hydrogen (secondary N) is 1. The second-order valence-electron chi connectivity index (χ2n) is 10.5. The van der Waals surface area contributed by atoms with E-state index in [9.17, 15) is 13.7 Å². The van der Waals surface area contributed by atoms with Crippen molar-refractivity contribution in [2.75, 3.05) is 25.4 Å². The van der Waals surface area contributed by atoms with Crippen molar-refractivity contribution < 1.29 is 17.7 Å². The summed E-state index contributed by atoms with van der Waals surface area (Å²) in [5, 5.41) is 13.7. The number of nitrogens with zero attached hydrogens (tertiary/aromatic N) is 4. The first kappa shape index (κ1) is 26.4. The highest BCUT2D eigenvalue weighted by atomic mass is 32.2. The second-order valence-corrected chi connectivity index (χ2v) is 12.4. The number of likely N-dealkylation sites (tertiary alicyclic amines) is 1. The molecule has 0 radical (unpaired) electrons. The first-order chi connectivity index (χ1) is 18.2. The smallest absolute Gasteiger partial charge is 0.258 e. The summed E-state index contributed by atoms with van der Waals surface area (Å²) in [6.07, 6.45) is 2.47. The van der Waals surface area contributed by atoms with Gasteiger partial charge in [0.2, 0.25) is 15.8 Å². The Balaban J connectivity index is 1.32. The van der Waals surface area contributed by atoms with E-state index < -0.39 is 10.0 Å². The van der Waals surface area contributed by atoms with E-state index in [0.29, 0.717) is 53.9 Å². The van der Waals surface area contributed by atoms with Crippen molar-refractivity contribution in [1.29, 1.82) is 5.26 Å². The van der Waals surface area contributed by atoms with E-state index in [-0.39, 0.29) is 17.9 Å². The monoisotopic (exact) mass is 535 g/mol. The third kappa shape index (κ3) is 5.75. The van der Waals surface area contributed by atoms with E-state index >= 15 is 0 Å². The van der Waals surface area contributed by atoms with Crippen LogP contribution in [0.3, 0.4) is 0 Å². The van der Waals surface area contributed by atoms with Gasteiger partial charge in [0.1, 0.15) is 11.8 Å². The number of ether oxygens (including phenoxy) is 1. The van der Waals surface area contributed by atoms with Crippen LogP contribution in [-0.2, 0) is 16.4 Å². The van der Waals surface area contributed by atoms with Crippen LogP contribution in [0.25, 0.3) is 22.8 Å². The zero-order valence-corrected chi connectivity index (χ0v) is 22.8. The zero-order chi connectivity index (χ0) is 26.9. The van der Waals surface area contributed by atoms with Gasteiger partial charge in [-0.1, -0.05) is 30.3 Å². The standard InChI is InChI=1S/C28H33N5O4S/c1-18(2)36-26-10-7-20(15-21(26)16-29)28-30-27(31-37-28)24-6-4-5-23-22(24)8-9-25(23)32-38(34,35)14-13-33-12-11-19(3)17-33/h4-7,10,15,18-19,25,32H,8-9,11-14,17H2,1-3H3. The summed E-state index contributed by atoms with van der Waals surface area (Å²) in [6, 6.07) is 12.9. The summed E-state index contributed by atoms with van der Waals surface area (Å²) in [4.78, 5) is 6.83. The zero-order valence-electron chi connectivity index (χ0n) is 22.0. The van der Waals surface area contributed by atoms with Gasteiger partial charge in [-0.25, -0.2) is 13.1 Å². The quantitative estimate of drug-likeness (QED) is 0.430. The normalized spacial score (nSPS) is 19.6. The first-order valence-corrected chi connectivity index (χ1v) is 14.8. The molecule has 0 saturated carbocycles. The molecule has 5 rings (SSSR count). The average molecular weight is 536 g/mol. The van der Waals surface area contributed by atoms with Crippen molar-refractivity contribution in [2.24, 2.45) is 5.92 Å². The van der Waals surface area contributed by atoms with Crippen LogP contribution in [0.15, 0.2) is 40.9 Å². The Morgan fingerprint density at radius 2 is 2.11 bits per heavy atom. The van der Waals surface area contributed by atoms with E-state index in [2.05, 4.69) is 32.8 Å². The highest BCUT2D eigenvalue weighted by Gasteiger charge is 2.30. The number of fused-ring (bicyclic) bond motifs is 1. The maximum absolute atomic E-state index is 12.9. The molecule has 3 aromatic rings. The van der Waals surface area contributed by atoms with Crippen molar-refractivity contribution in [3.8, 4) is 34.7 Å². The van der Waals surface area contributed by atoms with Crippen LogP contribution >= 0.6 is 0 Å². The summed E-state index contributed by atoms with van der Waals surface area (Å²) in [5.41, 5.74) is 3.83. The summed E-state index contributed by atoms with van der Waals surface area (Å²) in [7, 11) is -3.42. The van der Waals surface area contributed by atoms with Crippen LogP contribution in [-0.4, -0.2) is 54.9 Å². The van der Waals surface area contributed by atoms with Gasteiger partial charge in [0.25, 0.3) is 5.89 Å². The van der Waals surface area contributed by atoms with Crippen molar-refractivity contribution in [3.05, 3.63) is 53.1 Å². The Hall–Kier alpha value is -3.26. The minimum absolute atomic E-state index is 0.0506. The number of hydrogen-bond acceptors (Lipinski definition) is 8. The predicted molar refractivity (Wildman–Crippen MR) is 144 cm³/mol. The number of benzene rings is 2. The van der Waals surface area contributed by atoms with Crippen LogP contribution < -0.4 is 9.46 Å².